The van der Waals surface area contributed by atoms with Gasteiger partial charge in [0.25, 0.3) is 6.43 Å². The molecule has 10 heteroatoms. The van der Waals surface area contributed by atoms with Crippen LogP contribution in [0.25, 0.3) is 10.6 Å². The topological polar surface area (TPSA) is 54.7 Å². The fourth-order valence-corrected chi connectivity index (χ4v) is 3.38. The Hall–Kier alpha value is -2.07. The lowest BCUT2D eigenvalue weighted by Crippen LogP contribution is -2.20. The molecular weight excluding hydrogens is 403 g/mol. The third-order valence-corrected chi connectivity index (χ3v) is 4.70. The van der Waals surface area contributed by atoms with Gasteiger partial charge in [-0.1, -0.05) is 13.3 Å². The molecule has 0 radical (unpaired) electrons. The van der Waals surface area contributed by atoms with E-state index in [9.17, 15) is 27.1 Å². The van der Waals surface area contributed by atoms with Gasteiger partial charge in [0.2, 0.25) is 0 Å². The maximum absolute atomic E-state index is 13.2. The summed E-state index contributed by atoms with van der Waals surface area (Å²) in [7, 11) is 0. The molecule has 1 aromatic carbocycles. The van der Waals surface area contributed by atoms with Crippen LogP contribution in [-0.2, 0) is 0 Å². The zero-order chi connectivity index (χ0) is 21.1. The quantitative estimate of drug-likeness (QED) is 0.426. The van der Waals surface area contributed by atoms with Crippen molar-refractivity contribution < 1.29 is 31.8 Å². The zero-order valence-electron chi connectivity index (χ0n) is 15.3. The van der Waals surface area contributed by atoms with Gasteiger partial charge in [-0.2, -0.15) is 0 Å². The number of aliphatic hydroxyl groups is 1. The first-order valence-electron chi connectivity index (χ1n) is 8.38. The summed E-state index contributed by atoms with van der Waals surface area (Å²) < 4.78 is 69.4. The van der Waals surface area contributed by atoms with Crippen LogP contribution < -0.4 is 4.74 Å². The number of nitrogens with zero attached hydrogens (tertiary/aromatic N) is 2. The SMILES string of the molecule is CCC/C(C)=N\c1c(C)c(-c2nccs2)cc(C(O)C(F)F)c1OC(F)(F)F. The summed E-state index contributed by atoms with van der Waals surface area (Å²) in [6.07, 6.45) is -8.25. The number of hydrogen-bond acceptors (Lipinski definition) is 5. The number of ether oxygens (including phenoxy) is 1. The molecule has 0 amide bonds. The first-order chi connectivity index (χ1) is 13.0. The van der Waals surface area contributed by atoms with E-state index in [0.717, 1.165) is 6.07 Å². The van der Waals surface area contributed by atoms with Crippen LogP contribution in [0.15, 0.2) is 22.6 Å². The fraction of sp³-hybridized carbons (Fsp3) is 0.444. The Morgan fingerprint density at radius 2 is 2.04 bits per heavy atom. The summed E-state index contributed by atoms with van der Waals surface area (Å²) in [6.45, 7) is 5.01. The number of hydrogen-bond donors (Lipinski definition) is 1. The van der Waals surface area contributed by atoms with Gasteiger partial charge < -0.3 is 9.84 Å². The van der Waals surface area contributed by atoms with Crippen molar-refractivity contribution in [1.82, 2.24) is 4.98 Å². The highest BCUT2D eigenvalue weighted by molar-refractivity contribution is 7.13. The van der Waals surface area contributed by atoms with E-state index in [4.69, 9.17) is 0 Å². The Labute approximate surface area is 162 Å². The second-order valence-electron chi connectivity index (χ2n) is 6.08. The average molecular weight is 422 g/mol. The van der Waals surface area contributed by atoms with E-state index in [1.165, 1.54) is 24.5 Å². The Morgan fingerprint density at radius 1 is 1.36 bits per heavy atom. The van der Waals surface area contributed by atoms with Crippen LogP contribution >= 0.6 is 11.3 Å². The molecule has 0 spiro atoms. The highest BCUT2D eigenvalue weighted by atomic mass is 32.1. The second kappa shape index (κ2) is 8.95. The highest BCUT2D eigenvalue weighted by Crippen LogP contribution is 2.46. The molecule has 1 aromatic heterocycles. The van der Waals surface area contributed by atoms with Crippen LogP contribution in [0, 0.1) is 6.92 Å². The lowest BCUT2D eigenvalue weighted by Gasteiger charge is -2.22. The molecule has 4 nitrogen and oxygen atoms in total. The Kier molecular flexibility index (Phi) is 7.11. The molecule has 0 aliphatic rings. The molecule has 2 aromatic rings. The lowest BCUT2D eigenvalue weighted by atomic mass is 9.98. The summed E-state index contributed by atoms with van der Waals surface area (Å²) in [4.78, 5) is 8.31. The Balaban J connectivity index is 2.84. The van der Waals surface area contributed by atoms with Gasteiger partial charge in [-0.3, -0.25) is 4.99 Å². The van der Waals surface area contributed by atoms with Crippen molar-refractivity contribution in [3.05, 3.63) is 28.8 Å². The smallest absolute Gasteiger partial charge is 0.403 e. The molecule has 1 unspecified atom stereocenters. The predicted molar refractivity (Wildman–Crippen MR) is 97.6 cm³/mol. The molecule has 0 bridgehead atoms. The second-order valence-corrected chi connectivity index (χ2v) is 6.97. The molecule has 154 valence electrons. The van der Waals surface area contributed by atoms with Gasteiger partial charge in [0.05, 0.1) is 0 Å². The first kappa shape index (κ1) is 22.2. The van der Waals surface area contributed by atoms with Crippen molar-refractivity contribution in [3.8, 4) is 16.3 Å². The van der Waals surface area contributed by atoms with Crippen molar-refractivity contribution in [2.75, 3.05) is 0 Å². The van der Waals surface area contributed by atoms with Crippen LogP contribution in [-0.4, -0.2) is 28.6 Å². The van der Waals surface area contributed by atoms with Gasteiger partial charge in [0.1, 0.15) is 16.8 Å². The largest absolute Gasteiger partial charge is 0.573 e. The zero-order valence-corrected chi connectivity index (χ0v) is 16.2. The number of benzene rings is 1. The molecule has 0 saturated heterocycles. The van der Waals surface area contributed by atoms with Gasteiger partial charge in [-0.15, -0.1) is 24.5 Å². The lowest BCUT2D eigenvalue weighted by molar-refractivity contribution is -0.275. The third-order valence-electron chi connectivity index (χ3n) is 3.89. The number of alkyl halides is 5. The van der Waals surface area contributed by atoms with Crippen molar-refractivity contribution in [3.63, 3.8) is 0 Å². The van der Waals surface area contributed by atoms with Crippen LogP contribution in [0.5, 0.6) is 5.75 Å². The minimum Gasteiger partial charge on any atom is -0.403 e. The Bertz CT molecular complexity index is 835. The summed E-state index contributed by atoms with van der Waals surface area (Å²) in [5.74, 6) is -0.923. The van der Waals surface area contributed by atoms with Gasteiger partial charge in [-0.05, 0) is 31.9 Å². The average Bonchev–Trinajstić information content (AvgIpc) is 3.11. The van der Waals surface area contributed by atoms with Gasteiger partial charge in [0.15, 0.2) is 5.75 Å². The van der Waals surface area contributed by atoms with Gasteiger partial charge in [0, 0.05) is 28.4 Å². The molecule has 28 heavy (non-hydrogen) atoms. The molecule has 0 fully saturated rings. The van der Waals surface area contributed by atoms with Crippen molar-refractivity contribution in [2.45, 2.75) is 52.5 Å². The maximum Gasteiger partial charge on any atom is 0.573 e. The minimum absolute atomic E-state index is 0.245. The highest BCUT2D eigenvalue weighted by Gasteiger charge is 2.37. The number of aliphatic imine (C=N–C) groups is 1. The van der Waals surface area contributed by atoms with E-state index in [0.29, 0.717) is 29.1 Å². The van der Waals surface area contributed by atoms with E-state index in [-0.39, 0.29) is 11.3 Å². The molecule has 1 heterocycles. The molecule has 1 atom stereocenters. The van der Waals surface area contributed by atoms with Crippen molar-refractivity contribution in [2.24, 2.45) is 4.99 Å². The number of thiazole rings is 1. The number of halogens is 5. The molecular formula is C18H19F5N2O2S. The maximum atomic E-state index is 13.2. The molecule has 0 aliphatic carbocycles. The summed E-state index contributed by atoms with van der Waals surface area (Å²) in [5, 5.41) is 11.9. The van der Waals surface area contributed by atoms with Crippen LogP contribution in [0.1, 0.15) is 43.9 Å². The Morgan fingerprint density at radius 3 is 2.54 bits per heavy atom. The van der Waals surface area contributed by atoms with E-state index in [1.54, 1.807) is 12.3 Å². The van der Waals surface area contributed by atoms with Gasteiger partial charge in [-0.25, -0.2) is 13.8 Å². The van der Waals surface area contributed by atoms with E-state index < -0.39 is 30.2 Å². The molecule has 0 saturated carbocycles. The van der Waals surface area contributed by atoms with E-state index in [1.807, 2.05) is 6.92 Å². The fourth-order valence-electron chi connectivity index (χ4n) is 2.66. The van der Waals surface area contributed by atoms with E-state index in [2.05, 4.69) is 14.7 Å². The standard InChI is InChI=1S/C18H19F5N2O2S/c1-4-5-9(2)25-13-10(3)11(17-24-6-7-28-17)8-12(14(26)16(19)20)15(13)27-18(21,22)23/h6-8,14,16,26H,4-5H2,1-3H3/b25-9-. The summed E-state index contributed by atoms with van der Waals surface area (Å²) >= 11 is 1.18. The number of rotatable bonds is 7. The third kappa shape index (κ3) is 5.26. The first-order valence-corrected chi connectivity index (χ1v) is 9.26. The van der Waals surface area contributed by atoms with E-state index >= 15 is 0 Å². The predicted octanol–water partition coefficient (Wildman–Crippen LogP) is 6.21. The summed E-state index contributed by atoms with van der Waals surface area (Å²) in [5.41, 5.74) is 0.167. The molecule has 1 N–H and O–H groups in total. The molecule has 0 aliphatic heterocycles. The summed E-state index contributed by atoms with van der Waals surface area (Å²) in [6, 6.07) is 1.06. The van der Waals surface area contributed by atoms with Crippen LogP contribution in [0.2, 0.25) is 0 Å². The molecule has 2 rings (SSSR count). The van der Waals surface area contributed by atoms with Crippen LogP contribution in [0.3, 0.4) is 0 Å². The number of aromatic nitrogens is 1. The van der Waals surface area contributed by atoms with Gasteiger partial charge >= 0.3 is 6.36 Å². The van der Waals surface area contributed by atoms with Crippen molar-refractivity contribution in [1.29, 1.82) is 0 Å². The van der Waals surface area contributed by atoms with Crippen molar-refractivity contribution >= 4 is 22.7 Å². The minimum atomic E-state index is -5.14. The normalized spacial score (nSPS) is 13.9. The number of aliphatic hydroxyl groups excluding tert-OH is 1. The monoisotopic (exact) mass is 422 g/mol. The van der Waals surface area contributed by atoms with Crippen LogP contribution in [0.4, 0.5) is 27.6 Å².